The lowest BCUT2D eigenvalue weighted by Gasteiger charge is -2.28. The van der Waals surface area contributed by atoms with Gasteiger partial charge in [-0.15, -0.1) is 0 Å². The van der Waals surface area contributed by atoms with Crippen LogP contribution in [0, 0.1) is 5.92 Å². The number of nitrogens with one attached hydrogen (secondary N) is 2. The summed E-state index contributed by atoms with van der Waals surface area (Å²) in [4.78, 5) is 12.5. The van der Waals surface area contributed by atoms with Gasteiger partial charge in [0.25, 0.3) is 5.91 Å². The summed E-state index contributed by atoms with van der Waals surface area (Å²) in [6.07, 6.45) is 3.31. The highest BCUT2D eigenvalue weighted by Gasteiger charge is 2.31. The quantitative estimate of drug-likeness (QED) is 0.490. The van der Waals surface area contributed by atoms with Crippen molar-refractivity contribution in [3.63, 3.8) is 0 Å². The number of amides is 1. The maximum absolute atomic E-state index is 12.5. The van der Waals surface area contributed by atoms with Crippen LogP contribution in [0.4, 0.5) is 11.5 Å². The minimum Gasteiger partial charge on any atom is -0.493 e. The summed E-state index contributed by atoms with van der Waals surface area (Å²) in [5, 5.41) is 12.1. The number of anilines is 2. The maximum Gasteiger partial charge on any atom is 0.254 e. The van der Waals surface area contributed by atoms with Gasteiger partial charge >= 0.3 is 0 Å². The molecule has 1 atom stereocenters. The lowest BCUT2D eigenvalue weighted by atomic mass is 9.99. The van der Waals surface area contributed by atoms with E-state index < -0.39 is 5.91 Å². The Hall–Kier alpha value is -3.19. The number of ether oxygens (including phenoxy) is 1. The molecule has 7 nitrogen and oxygen atoms in total. The molecule has 1 fully saturated rings. The Morgan fingerprint density at radius 1 is 1.25 bits per heavy atom. The molecule has 0 radical (unpaired) electrons. The van der Waals surface area contributed by atoms with Gasteiger partial charge in [-0.1, -0.05) is 17.7 Å². The van der Waals surface area contributed by atoms with Crippen molar-refractivity contribution >= 4 is 29.0 Å². The fraction of sp³-hybridized carbons (Fsp3) is 0.333. The van der Waals surface area contributed by atoms with E-state index in [2.05, 4.69) is 10.6 Å². The van der Waals surface area contributed by atoms with Gasteiger partial charge in [0.05, 0.1) is 12.6 Å². The molecule has 1 aliphatic carbocycles. The Bertz CT molecular complexity index is 1150. The number of halogens is 1. The molecule has 0 bridgehead atoms. The van der Waals surface area contributed by atoms with Crippen molar-refractivity contribution in [2.75, 3.05) is 30.8 Å². The lowest BCUT2D eigenvalue weighted by molar-refractivity contribution is 0.100. The van der Waals surface area contributed by atoms with Crippen LogP contribution in [0.15, 0.2) is 42.5 Å². The van der Waals surface area contributed by atoms with Gasteiger partial charge < -0.3 is 21.1 Å². The van der Waals surface area contributed by atoms with E-state index in [4.69, 9.17) is 27.2 Å². The molecule has 8 heteroatoms. The maximum atomic E-state index is 12.5. The Morgan fingerprint density at radius 2 is 2.03 bits per heavy atom. The summed E-state index contributed by atoms with van der Waals surface area (Å²) in [5.41, 5.74) is 9.61. The zero-order valence-electron chi connectivity index (χ0n) is 17.9. The molecule has 1 saturated carbocycles. The molecule has 2 heterocycles. The molecule has 3 aromatic rings. The van der Waals surface area contributed by atoms with Crippen molar-refractivity contribution in [1.29, 1.82) is 0 Å². The largest absolute Gasteiger partial charge is 0.493 e. The predicted molar refractivity (Wildman–Crippen MR) is 127 cm³/mol. The molecule has 32 heavy (non-hydrogen) atoms. The van der Waals surface area contributed by atoms with Crippen LogP contribution >= 0.6 is 11.6 Å². The van der Waals surface area contributed by atoms with Gasteiger partial charge in [0.15, 0.2) is 0 Å². The summed E-state index contributed by atoms with van der Waals surface area (Å²) in [7, 11) is 1.87. The number of primary amides is 1. The molecule has 5 rings (SSSR count). The summed E-state index contributed by atoms with van der Waals surface area (Å²) in [5.74, 6) is 1.65. The third kappa shape index (κ3) is 3.88. The van der Waals surface area contributed by atoms with Crippen LogP contribution in [0.1, 0.15) is 41.2 Å². The summed E-state index contributed by atoms with van der Waals surface area (Å²) >= 11 is 6.20. The molecule has 2 aromatic carbocycles. The number of nitrogens with zero attached hydrogens (tertiary/aromatic N) is 2. The van der Waals surface area contributed by atoms with E-state index in [0.29, 0.717) is 34.6 Å². The van der Waals surface area contributed by atoms with Gasteiger partial charge in [-0.05, 0) is 61.6 Å². The highest BCUT2D eigenvalue weighted by molar-refractivity contribution is 6.30. The molecule has 1 amide bonds. The zero-order chi connectivity index (χ0) is 22.2. The number of rotatable bonds is 7. The van der Waals surface area contributed by atoms with Crippen molar-refractivity contribution < 1.29 is 9.53 Å². The van der Waals surface area contributed by atoms with Crippen molar-refractivity contribution in [3.05, 3.63) is 58.6 Å². The molecule has 1 unspecified atom stereocenters. The molecule has 166 valence electrons. The van der Waals surface area contributed by atoms with Crippen LogP contribution in [0.5, 0.6) is 5.75 Å². The standard InChI is InChI=1S/C24H26ClN5O2/c1-27-19-12-16(25)6-9-18(19)20-10-11-28-24-21(23(26)31)22(29-30(20)24)15-4-7-17(8-5-15)32-13-14-2-3-14/h4-9,12,14,20,27-28H,2-3,10-11,13H2,1H3,(H2,26,31). The Balaban J connectivity index is 1.53. The average molecular weight is 452 g/mol. The Morgan fingerprint density at radius 3 is 2.72 bits per heavy atom. The van der Waals surface area contributed by atoms with E-state index in [1.54, 1.807) is 0 Å². The molecule has 0 spiro atoms. The SMILES string of the molecule is CNc1cc(Cl)ccc1C1CCNc2c(C(N)=O)c(-c3ccc(OCC4CC4)cc3)nn21. The first-order chi connectivity index (χ1) is 15.5. The first-order valence-corrected chi connectivity index (χ1v) is 11.3. The molecule has 2 aliphatic rings. The molecule has 0 saturated heterocycles. The van der Waals surface area contributed by atoms with E-state index >= 15 is 0 Å². The van der Waals surface area contributed by atoms with E-state index in [1.165, 1.54) is 12.8 Å². The second-order valence-corrected chi connectivity index (χ2v) is 8.81. The van der Waals surface area contributed by atoms with E-state index in [9.17, 15) is 4.79 Å². The third-order valence-corrected chi connectivity index (χ3v) is 6.35. The van der Waals surface area contributed by atoms with Crippen LogP contribution in [0.25, 0.3) is 11.3 Å². The van der Waals surface area contributed by atoms with E-state index in [0.717, 1.165) is 35.6 Å². The van der Waals surface area contributed by atoms with Crippen LogP contribution < -0.4 is 21.1 Å². The normalized spacial score (nSPS) is 17.4. The minimum absolute atomic E-state index is 0.0565. The Labute approximate surface area is 191 Å². The topological polar surface area (TPSA) is 94.2 Å². The van der Waals surface area contributed by atoms with Gasteiger partial charge in [0, 0.05) is 35.4 Å². The highest BCUT2D eigenvalue weighted by Crippen LogP contribution is 2.39. The number of aromatic nitrogens is 2. The number of fused-ring (bicyclic) bond motifs is 1. The first-order valence-electron chi connectivity index (χ1n) is 10.9. The van der Waals surface area contributed by atoms with Crippen LogP contribution in [0.2, 0.25) is 5.02 Å². The lowest BCUT2D eigenvalue weighted by Crippen LogP contribution is -2.26. The molecular weight excluding hydrogens is 426 g/mol. The number of carbonyl (C=O) groups is 1. The monoisotopic (exact) mass is 451 g/mol. The highest BCUT2D eigenvalue weighted by atomic mass is 35.5. The van der Waals surface area contributed by atoms with Gasteiger partial charge in [-0.3, -0.25) is 4.79 Å². The smallest absolute Gasteiger partial charge is 0.254 e. The van der Waals surface area contributed by atoms with Gasteiger partial charge in [-0.25, -0.2) is 4.68 Å². The second-order valence-electron chi connectivity index (χ2n) is 8.37. The molecule has 4 N–H and O–H groups in total. The summed E-state index contributed by atoms with van der Waals surface area (Å²) in [6, 6.07) is 13.4. The van der Waals surface area contributed by atoms with Crippen molar-refractivity contribution in [2.24, 2.45) is 11.7 Å². The number of benzene rings is 2. The minimum atomic E-state index is -0.506. The van der Waals surface area contributed by atoms with Crippen molar-refractivity contribution in [2.45, 2.75) is 25.3 Å². The number of carbonyl (C=O) groups excluding carboxylic acids is 1. The van der Waals surface area contributed by atoms with E-state index in [-0.39, 0.29) is 6.04 Å². The third-order valence-electron chi connectivity index (χ3n) is 6.12. The average Bonchev–Trinajstić information content (AvgIpc) is 3.55. The molecule has 1 aliphatic heterocycles. The first kappa shape index (κ1) is 20.7. The van der Waals surface area contributed by atoms with Gasteiger partial charge in [0.1, 0.15) is 22.8 Å². The van der Waals surface area contributed by atoms with E-state index in [1.807, 2.05) is 54.2 Å². The van der Waals surface area contributed by atoms with Crippen molar-refractivity contribution in [1.82, 2.24) is 9.78 Å². The zero-order valence-corrected chi connectivity index (χ0v) is 18.7. The number of hydrogen-bond acceptors (Lipinski definition) is 5. The summed E-state index contributed by atoms with van der Waals surface area (Å²) in [6.45, 7) is 1.46. The summed E-state index contributed by atoms with van der Waals surface area (Å²) < 4.78 is 7.72. The van der Waals surface area contributed by atoms with Crippen LogP contribution in [-0.4, -0.2) is 35.9 Å². The fourth-order valence-electron chi connectivity index (χ4n) is 4.24. The van der Waals surface area contributed by atoms with Crippen LogP contribution in [0.3, 0.4) is 0 Å². The molecule has 1 aromatic heterocycles. The fourth-order valence-corrected chi connectivity index (χ4v) is 4.42. The Kier molecular flexibility index (Phi) is 5.43. The van der Waals surface area contributed by atoms with Crippen molar-refractivity contribution in [3.8, 4) is 17.0 Å². The number of hydrogen-bond donors (Lipinski definition) is 3. The van der Waals surface area contributed by atoms with Crippen LogP contribution in [-0.2, 0) is 0 Å². The van der Waals surface area contributed by atoms with Gasteiger partial charge in [0.2, 0.25) is 0 Å². The second kappa shape index (κ2) is 8.39. The van der Waals surface area contributed by atoms with Gasteiger partial charge in [-0.2, -0.15) is 5.10 Å². The molecular formula is C24H26ClN5O2. The predicted octanol–water partition coefficient (Wildman–Crippen LogP) is 4.54. The number of nitrogens with two attached hydrogens (primary N) is 1.